The van der Waals surface area contributed by atoms with E-state index in [1.165, 1.54) is 5.56 Å². The van der Waals surface area contributed by atoms with E-state index in [0.717, 1.165) is 10.5 Å². The first-order chi connectivity index (χ1) is 8.84. The molecule has 0 radical (unpaired) electrons. The molecule has 5 heteroatoms. The first-order valence-electron chi connectivity index (χ1n) is 5.70. The van der Waals surface area contributed by atoms with Gasteiger partial charge in [-0.15, -0.1) is 0 Å². The number of hydrogen-bond donors (Lipinski definition) is 1. The predicted octanol–water partition coefficient (Wildman–Crippen LogP) is 3.21. The maximum atomic E-state index is 4.33. The molecule has 18 heavy (non-hydrogen) atoms. The zero-order chi connectivity index (χ0) is 12.4. The summed E-state index contributed by atoms with van der Waals surface area (Å²) in [6, 6.07) is 10.4. The standard InChI is InChI=1S/C13H12N4S/c1-9(10-5-3-2-4-6-10)18-13-11-12(15-7-14-11)16-8-17-13/h2-9H,1H3,(H,14,15,16,17). The summed E-state index contributed by atoms with van der Waals surface area (Å²) in [5.74, 6) is 0. The summed E-state index contributed by atoms with van der Waals surface area (Å²) in [6.45, 7) is 2.17. The number of imidazole rings is 1. The summed E-state index contributed by atoms with van der Waals surface area (Å²) in [4.78, 5) is 15.7. The lowest BCUT2D eigenvalue weighted by Gasteiger charge is -2.10. The van der Waals surface area contributed by atoms with Gasteiger partial charge in [0.15, 0.2) is 5.65 Å². The average Bonchev–Trinajstić information content (AvgIpc) is 2.89. The van der Waals surface area contributed by atoms with Gasteiger partial charge in [0.05, 0.1) is 6.33 Å². The Balaban J connectivity index is 1.91. The molecule has 4 nitrogen and oxygen atoms in total. The second kappa shape index (κ2) is 4.78. The van der Waals surface area contributed by atoms with Gasteiger partial charge in [0.2, 0.25) is 0 Å². The number of benzene rings is 1. The molecule has 0 spiro atoms. The van der Waals surface area contributed by atoms with Crippen molar-refractivity contribution in [3.05, 3.63) is 48.5 Å². The van der Waals surface area contributed by atoms with Gasteiger partial charge >= 0.3 is 0 Å². The van der Waals surface area contributed by atoms with Crippen LogP contribution in [0.1, 0.15) is 17.7 Å². The third kappa shape index (κ3) is 2.09. The summed E-state index contributed by atoms with van der Waals surface area (Å²) in [7, 11) is 0. The zero-order valence-electron chi connectivity index (χ0n) is 9.87. The number of nitrogens with zero attached hydrogens (tertiary/aromatic N) is 3. The number of nitrogens with one attached hydrogen (secondary N) is 1. The van der Waals surface area contributed by atoms with Gasteiger partial charge in [0, 0.05) is 5.25 Å². The van der Waals surface area contributed by atoms with Gasteiger partial charge in [0.1, 0.15) is 16.9 Å². The lowest BCUT2D eigenvalue weighted by Crippen LogP contribution is -1.91. The maximum absolute atomic E-state index is 4.33. The van der Waals surface area contributed by atoms with Gasteiger partial charge in [-0.05, 0) is 12.5 Å². The Morgan fingerprint density at radius 1 is 1.11 bits per heavy atom. The van der Waals surface area contributed by atoms with Gasteiger partial charge < -0.3 is 4.98 Å². The minimum Gasteiger partial charge on any atom is -0.341 e. The molecule has 0 aliphatic rings. The summed E-state index contributed by atoms with van der Waals surface area (Å²) in [5, 5.41) is 1.28. The minimum atomic E-state index is 0.340. The van der Waals surface area contributed by atoms with Crippen molar-refractivity contribution < 1.29 is 0 Å². The van der Waals surface area contributed by atoms with Crippen LogP contribution in [0.25, 0.3) is 11.2 Å². The smallest absolute Gasteiger partial charge is 0.181 e. The highest BCUT2D eigenvalue weighted by atomic mass is 32.2. The molecule has 2 aromatic heterocycles. The molecular weight excluding hydrogens is 244 g/mol. The van der Waals surface area contributed by atoms with Crippen molar-refractivity contribution in [2.75, 3.05) is 0 Å². The van der Waals surface area contributed by atoms with Gasteiger partial charge in [-0.2, -0.15) is 0 Å². The summed E-state index contributed by atoms with van der Waals surface area (Å²) in [6.07, 6.45) is 3.21. The van der Waals surface area contributed by atoms with Crippen LogP contribution in [0.3, 0.4) is 0 Å². The van der Waals surface area contributed by atoms with Crippen molar-refractivity contribution >= 4 is 22.9 Å². The highest BCUT2D eigenvalue weighted by molar-refractivity contribution is 7.99. The Kier molecular flexibility index (Phi) is 2.98. The first kappa shape index (κ1) is 11.2. The fourth-order valence-electron chi connectivity index (χ4n) is 1.79. The Morgan fingerprint density at radius 2 is 1.94 bits per heavy atom. The number of aromatic amines is 1. The second-order valence-electron chi connectivity index (χ2n) is 3.95. The molecule has 2 heterocycles. The fourth-order valence-corrected chi connectivity index (χ4v) is 2.80. The van der Waals surface area contributed by atoms with E-state index >= 15 is 0 Å². The largest absolute Gasteiger partial charge is 0.341 e. The molecule has 0 saturated heterocycles. The van der Waals surface area contributed by atoms with Crippen molar-refractivity contribution in [1.82, 2.24) is 19.9 Å². The van der Waals surface area contributed by atoms with E-state index in [9.17, 15) is 0 Å². The molecule has 90 valence electrons. The molecule has 3 aromatic rings. The quantitative estimate of drug-likeness (QED) is 0.577. The second-order valence-corrected chi connectivity index (χ2v) is 5.28. The van der Waals surface area contributed by atoms with E-state index in [1.54, 1.807) is 24.4 Å². The van der Waals surface area contributed by atoms with Gasteiger partial charge in [-0.25, -0.2) is 15.0 Å². The van der Waals surface area contributed by atoms with Crippen LogP contribution in [0.5, 0.6) is 0 Å². The topological polar surface area (TPSA) is 54.5 Å². The molecule has 0 aliphatic carbocycles. The van der Waals surface area contributed by atoms with E-state index in [4.69, 9.17) is 0 Å². The zero-order valence-corrected chi connectivity index (χ0v) is 10.7. The number of rotatable bonds is 3. The molecule has 0 bridgehead atoms. The van der Waals surface area contributed by atoms with E-state index in [-0.39, 0.29) is 0 Å². The molecule has 0 saturated carbocycles. The average molecular weight is 256 g/mol. The van der Waals surface area contributed by atoms with E-state index in [1.807, 2.05) is 6.07 Å². The Labute approximate surface area is 109 Å². The first-order valence-corrected chi connectivity index (χ1v) is 6.58. The number of H-pyrrole nitrogens is 1. The Bertz CT molecular complexity index is 650. The van der Waals surface area contributed by atoms with Crippen molar-refractivity contribution in [3.8, 4) is 0 Å². The lowest BCUT2D eigenvalue weighted by atomic mass is 10.2. The molecule has 1 unspecified atom stereocenters. The highest BCUT2D eigenvalue weighted by Crippen LogP contribution is 2.35. The van der Waals surface area contributed by atoms with Crippen molar-refractivity contribution in [1.29, 1.82) is 0 Å². The SMILES string of the molecule is CC(Sc1ncnc2nc[nH]c12)c1ccccc1. The number of thioether (sulfide) groups is 1. The van der Waals surface area contributed by atoms with Crippen molar-refractivity contribution in [2.24, 2.45) is 0 Å². The number of aromatic nitrogens is 4. The van der Waals surface area contributed by atoms with Crippen LogP contribution >= 0.6 is 11.8 Å². The van der Waals surface area contributed by atoms with Crippen LogP contribution in [0.15, 0.2) is 48.0 Å². The third-order valence-electron chi connectivity index (χ3n) is 2.75. The highest BCUT2D eigenvalue weighted by Gasteiger charge is 2.12. The molecule has 3 rings (SSSR count). The molecule has 1 aromatic carbocycles. The minimum absolute atomic E-state index is 0.340. The summed E-state index contributed by atoms with van der Waals surface area (Å²) < 4.78 is 0. The number of fused-ring (bicyclic) bond motifs is 1. The molecule has 1 atom stereocenters. The van der Waals surface area contributed by atoms with Gasteiger partial charge in [0.25, 0.3) is 0 Å². The number of hydrogen-bond acceptors (Lipinski definition) is 4. The van der Waals surface area contributed by atoms with Crippen LogP contribution in [0, 0.1) is 0 Å². The Hall–Kier alpha value is -1.88. The van der Waals surface area contributed by atoms with E-state index in [0.29, 0.717) is 10.9 Å². The van der Waals surface area contributed by atoms with Crippen LogP contribution in [-0.4, -0.2) is 19.9 Å². The summed E-state index contributed by atoms with van der Waals surface area (Å²) >= 11 is 1.71. The molecular formula is C13H12N4S. The lowest BCUT2D eigenvalue weighted by molar-refractivity contribution is 1.05. The van der Waals surface area contributed by atoms with Crippen molar-refractivity contribution in [3.63, 3.8) is 0 Å². The maximum Gasteiger partial charge on any atom is 0.181 e. The summed E-state index contributed by atoms with van der Waals surface area (Å²) in [5.41, 5.74) is 2.91. The molecule has 0 fully saturated rings. The van der Waals surface area contributed by atoms with Gasteiger partial charge in [-0.1, -0.05) is 42.1 Å². The van der Waals surface area contributed by atoms with Crippen LogP contribution in [0.4, 0.5) is 0 Å². The molecule has 1 N–H and O–H groups in total. The van der Waals surface area contributed by atoms with Crippen LogP contribution < -0.4 is 0 Å². The van der Waals surface area contributed by atoms with E-state index < -0.39 is 0 Å². The third-order valence-corrected chi connectivity index (χ3v) is 3.90. The van der Waals surface area contributed by atoms with Gasteiger partial charge in [-0.3, -0.25) is 0 Å². The van der Waals surface area contributed by atoms with E-state index in [2.05, 4.69) is 51.1 Å². The fraction of sp³-hybridized carbons (Fsp3) is 0.154. The molecule has 0 amide bonds. The normalized spacial score (nSPS) is 12.7. The van der Waals surface area contributed by atoms with Crippen LogP contribution in [0.2, 0.25) is 0 Å². The monoisotopic (exact) mass is 256 g/mol. The predicted molar refractivity (Wildman–Crippen MR) is 72.4 cm³/mol. The van der Waals surface area contributed by atoms with Crippen LogP contribution in [-0.2, 0) is 0 Å². The van der Waals surface area contributed by atoms with Crippen molar-refractivity contribution in [2.45, 2.75) is 17.2 Å². The molecule has 0 aliphatic heterocycles. The Morgan fingerprint density at radius 3 is 2.78 bits per heavy atom.